The largest absolute Gasteiger partial charge is 0.494 e. The van der Waals surface area contributed by atoms with Gasteiger partial charge in [0.15, 0.2) is 11.6 Å². The zero-order chi connectivity index (χ0) is 15.6. The fourth-order valence-electron chi connectivity index (χ4n) is 2.53. The molecule has 0 saturated carbocycles. The lowest BCUT2D eigenvalue weighted by atomic mass is 10.0. The number of halogens is 1. The van der Waals surface area contributed by atoms with Crippen molar-refractivity contribution in [2.45, 2.75) is 38.9 Å². The van der Waals surface area contributed by atoms with E-state index in [1.807, 2.05) is 6.92 Å². The molecule has 114 valence electrons. The minimum absolute atomic E-state index is 0.0537. The first-order valence-corrected chi connectivity index (χ1v) is 6.91. The van der Waals surface area contributed by atoms with E-state index in [1.165, 1.54) is 18.1 Å². The van der Waals surface area contributed by atoms with Crippen LogP contribution in [0.3, 0.4) is 0 Å². The van der Waals surface area contributed by atoms with Crippen LogP contribution in [0.15, 0.2) is 18.2 Å². The van der Waals surface area contributed by atoms with Crippen LogP contribution >= 0.6 is 0 Å². The van der Waals surface area contributed by atoms with Crippen molar-refractivity contribution >= 4 is 11.8 Å². The number of nitrogens with zero attached hydrogens (tertiary/aromatic N) is 1. The van der Waals surface area contributed by atoms with Gasteiger partial charge in [-0.05, 0) is 19.4 Å². The summed E-state index contributed by atoms with van der Waals surface area (Å²) in [7, 11) is 1.39. The molecule has 2 amide bonds. The zero-order valence-corrected chi connectivity index (χ0v) is 12.4. The summed E-state index contributed by atoms with van der Waals surface area (Å²) in [4.78, 5) is 25.7. The van der Waals surface area contributed by atoms with Crippen LogP contribution in [0.2, 0.25) is 0 Å². The van der Waals surface area contributed by atoms with Gasteiger partial charge in [0, 0.05) is 12.1 Å². The number of carbonyl (C=O) groups excluding carboxylic acids is 2. The van der Waals surface area contributed by atoms with E-state index < -0.39 is 17.9 Å². The standard InChI is InChI=1S/C15H19FN2O3/c1-4-11-14(19)17-9(2)15(20)18(11)8-10-6-5-7-12(21-3)13(10)16/h5-7,9,11H,4,8H2,1-3H3,(H,17,19). The quantitative estimate of drug-likeness (QED) is 0.914. The van der Waals surface area contributed by atoms with Crippen molar-refractivity contribution in [3.05, 3.63) is 29.6 Å². The van der Waals surface area contributed by atoms with Crippen LogP contribution in [0.25, 0.3) is 0 Å². The maximum absolute atomic E-state index is 14.2. The van der Waals surface area contributed by atoms with Crippen LogP contribution in [-0.4, -0.2) is 35.9 Å². The molecule has 1 aromatic carbocycles. The number of nitrogens with one attached hydrogen (secondary N) is 1. The summed E-state index contributed by atoms with van der Waals surface area (Å²) in [5, 5.41) is 2.63. The van der Waals surface area contributed by atoms with E-state index in [0.717, 1.165) is 0 Å². The molecule has 1 N–H and O–H groups in total. The highest BCUT2D eigenvalue weighted by Crippen LogP contribution is 2.23. The number of carbonyl (C=O) groups is 2. The first-order chi connectivity index (χ1) is 9.99. The van der Waals surface area contributed by atoms with Crippen LogP contribution in [-0.2, 0) is 16.1 Å². The Hall–Kier alpha value is -2.11. The Labute approximate surface area is 123 Å². The third kappa shape index (κ3) is 2.84. The Morgan fingerprint density at radius 1 is 1.38 bits per heavy atom. The Kier molecular flexibility index (Phi) is 4.45. The summed E-state index contributed by atoms with van der Waals surface area (Å²) in [6.07, 6.45) is 0.482. The average molecular weight is 294 g/mol. The van der Waals surface area contributed by atoms with E-state index >= 15 is 0 Å². The fraction of sp³-hybridized carbons (Fsp3) is 0.467. The number of rotatable bonds is 4. The molecule has 1 heterocycles. The third-order valence-corrected chi connectivity index (χ3v) is 3.68. The third-order valence-electron chi connectivity index (χ3n) is 3.68. The van der Waals surface area contributed by atoms with Crippen molar-refractivity contribution in [2.24, 2.45) is 0 Å². The molecule has 1 aromatic rings. The van der Waals surface area contributed by atoms with Crippen molar-refractivity contribution in [3.63, 3.8) is 0 Å². The van der Waals surface area contributed by atoms with Gasteiger partial charge in [0.25, 0.3) is 0 Å². The minimum atomic E-state index is -0.589. The maximum Gasteiger partial charge on any atom is 0.245 e. The van der Waals surface area contributed by atoms with Crippen LogP contribution < -0.4 is 10.1 Å². The summed E-state index contributed by atoms with van der Waals surface area (Å²) in [5.74, 6) is -0.777. The maximum atomic E-state index is 14.2. The van der Waals surface area contributed by atoms with Crippen molar-refractivity contribution in [1.82, 2.24) is 10.2 Å². The lowest BCUT2D eigenvalue weighted by Gasteiger charge is -2.37. The number of hydrogen-bond donors (Lipinski definition) is 1. The van der Waals surface area contributed by atoms with Crippen LogP contribution in [0, 0.1) is 5.82 Å². The molecule has 1 aliphatic heterocycles. The second-order valence-electron chi connectivity index (χ2n) is 5.05. The molecule has 0 bridgehead atoms. The number of hydrogen-bond acceptors (Lipinski definition) is 3. The van der Waals surface area contributed by atoms with Gasteiger partial charge in [-0.1, -0.05) is 19.1 Å². The molecule has 21 heavy (non-hydrogen) atoms. The average Bonchev–Trinajstić information content (AvgIpc) is 2.46. The predicted molar refractivity (Wildman–Crippen MR) is 75.2 cm³/mol. The Morgan fingerprint density at radius 2 is 2.10 bits per heavy atom. The summed E-state index contributed by atoms with van der Waals surface area (Å²) in [6.45, 7) is 3.50. The molecule has 1 fully saturated rings. The van der Waals surface area contributed by atoms with Gasteiger partial charge in [-0.25, -0.2) is 4.39 Å². The second kappa shape index (κ2) is 6.11. The molecule has 0 aliphatic carbocycles. The van der Waals surface area contributed by atoms with Gasteiger partial charge in [0.1, 0.15) is 12.1 Å². The molecule has 6 heteroatoms. The van der Waals surface area contributed by atoms with Gasteiger partial charge in [-0.3, -0.25) is 9.59 Å². The Bertz CT molecular complexity index is 562. The first kappa shape index (κ1) is 15.3. The van der Waals surface area contributed by atoms with Gasteiger partial charge in [-0.15, -0.1) is 0 Å². The van der Waals surface area contributed by atoms with E-state index in [1.54, 1.807) is 19.1 Å². The minimum Gasteiger partial charge on any atom is -0.494 e. The highest BCUT2D eigenvalue weighted by atomic mass is 19.1. The van der Waals surface area contributed by atoms with Crippen molar-refractivity contribution < 1.29 is 18.7 Å². The van der Waals surface area contributed by atoms with Crippen molar-refractivity contribution in [1.29, 1.82) is 0 Å². The number of piperazine rings is 1. The SMILES string of the molecule is CCC1C(=O)NC(C)C(=O)N1Cc1cccc(OC)c1F. The molecule has 2 atom stereocenters. The molecular weight excluding hydrogens is 275 g/mol. The van der Waals surface area contributed by atoms with Crippen molar-refractivity contribution in [3.8, 4) is 5.75 Å². The molecule has 1 saturated heterocycles. The normalized spacial score (nSPS) is 22.2. The molecular formula is C15H19FN2O3. The van der Waals surface area contributed by atoms with Gasteiger partial charge in [0.05, 0.1) is 7.11 Å². The second-order valence-corrected chi connectivity index (χ2v) is 5.05. The number of amides is 2. The molecule has 0 spiro atoms. The van der Waals surface area contributed by atoms with Gasteiger partial charge in [-0.2, -0.15) is 0 Å². The summed E-state index contributed by atoms with van der Waals surface area (Å²) in [6, 6.07) is 3.61. The van der Waals surface area contributed by atoms with Gasteiger partial charge < -0.3 is 15.0 Å². The molecule has 5 nitrogen and oxygen atoms in total. The Morgan fingerprint density at radius 3 is 2.71 bits per heavy atom. The summed E-state index contributed by atoms with van der Waals surface area (Å²) >= 11 is 0. The molecule has 2 unspecified atom stereocenters. The molecule has 2 rings (SSSR count). The van der Waals surface area contributed by atoms with Gasteiger partial charge >= 0.3 is 0 Å². The van der Waals surface area contributed by atoms with E-state index in [9.17, 15) is 14.0 Å². The van der Waals surface area contributed by atoms with Crippen LogP contribution in [0.5, 0.6) is 5.75 Å². The topological polar surface area (TPSA) is 58.6 Å². The Balaban J connectivity index is 2.31. The predicted octanol–water partition coefficient (Wildman–Crippen LogP) is 1.46. The zero-order valence-electron chi connectivity index (χ0n) is 12.4. The fourth-order valence-corrected chi connectivity index (χ4v) is 2.53. The monoisotopic (exact) mass is 294 g/mol. The van der Waals surface area contributed by atoms with Gasteiger partial charge in [0.2, 0.25) is 11.8 Å². The van der Waals surface area contributed by atoms with Crippen molar-refractivity contribution in [2.75, 3.05) is 7.11 Å². The summed E-state index contributed by atoms with van der Waals surface area (Å²) in [5.41, 5.74) is 0.336. The molecule has 0 radical (unpaired) electrons. The number of methoxy groups -OCH3 is 1. The highest BCUT2D eigenvalue weighted by molar-refractivity contribution is 5.96. The van der Waals surface area contributed by atoms with Crippen LogP contribution in [0.1, 0.15) is 25.8 Å². The number of benzene rings is 1. The molecule has 0 aromatic heterocycles. The first-order valence-electron chi connectivity index (χ1n) is 6.91. The lowest BCUT2D eigenvalue weighted by Crippen LogP contribution is -2.61. The van der Waals surface area contributed by atoms with E-state index in [-0.39, 0.29) is 24.1 Å². The molecule has 1 aliphatic rings. The lowest BCUT2D eigenvalue weighted by molar-refractivity contribution is -0.149. The number of ether oxygens (including phenoxy) is 1. The summed E-state index contributed by atoms with van der Waals surface area (Å²) < 4.78 is 19.2. The smallest absolute Gasteiger partial charge is 0.245 e. The van der Waals surface area contributed by atoms with E-state index in [2.05, 4.69) is 5.32 Å². The van der Waals surface area contributed by atoms with E-state index in [4.69, 9.17) is 4.74 Å². The van der Waals surface area contributed by atoms with E-state index in [0.29, 0.717) is 12.0 Å². The van der Waals surface area contributed by atoms with Crippen LogP contribution in [0.4, 0.5) is 4.39 Å². The highest BCUT2D eigenvalue weighted by Gasteiger charge is 2.37.